The van der Waals surface area contributed by atoms with Crippen molar-refractivity contribution in [1.82, 2.24) is 0 Å². The minimum Gasteiger partial charge on any atom is -0.493 e. The van der Waals surface area contributed by atoms with Crippen LogP contribution in [0.15, 0.2) is 48.5 Å². The van der Waals surface area contributed by atoms with Gasteiger partial charge in [0.25, 0.3) is 0 Å². The highest BCUT2D eigenvalue weighted by atomic mass is 35.5. The molecule has 0 aliphatic heterocycles. The number of hydrogen-bond donors (Lipinski definition) is 0. The summed E-state index contributed by atoms with van der Waals surface area (Å²) < 4.78 is 16.8. The molecule has 4 heteroatoms. The SMILES string of the molecule is CCOc1ccccc1OCCCOc1cccc(Cl)c1. The maximum absolute atomic E-state index is 5.89. The monoisotopic (exact) mass is 306 g/mol. The standard InChI is InChI=1S/C17H19ClO3/c1-2-19-16-9-3-4-10-17(16)21-12-6-11-20-15-8-5-7-14(18)13-15/h3-5,7-10,13H,2,6,11-12H2,1H3. The Labute approximate surface area is 130 Å². The first-order chi connectivity index (χ1) is 10.3. The summed E-state index contributed by atoms with van der Waals surface area (Å²) in [6, 6.07) is 15.0. The van der Waals surface area contributed by atoms with E-state index in [4.69, 9.17) is 25.8 Å². The van der Waals surface area contributed by atoms with E-state index in [1.807, 2.05) is 49.4 Å². The van der Waals surface area contributed by atoms with Crippen molar-refractivity contribution in [3.8, 4) is 17.2 Å². The van der Waals surface area contributed by atoms with Gasteiger partial charge in [-0.3, -0.25) is 0 Å². The van der Waals surface area contributed by atoms with Crippen LogP contribution in [0.5, 0.6) is 17.2 Å². The molecule has 0 aliphatic rings. The Bertz CT molecular complexity index is 557. The van der Waals surface area contributed by atoms with Crippen LogP contribution in [0.1, 0.15) is 13.3 Å². The van der Waals surface area contributed by atoms with Gasteiger partial charge in [-0.15, -0.1) is 0 Å². The highest BCUT2D eigenvalue weighted by Gasteiger charge is 2.03. The van der Waals surface area contributed by atoms with Crippen LogP contribution >= 0.6 is 11.6 Å². The van der Waals surface area contributed by atoms with Gasteiger partial charge in [0.05, 0.1) is 19.8 Å². The van der Waals surface area contributed by atoms with Gasteiger partial charge in [-0.25, -0.2) is 0 Å². The Kier molecular flexibility index (Phi) is 6.22. The van der Waals surface area contributed by atoms with Gasteiger partial charge in [0.1, 0.15) is 5.75 Å². The van der Waals surface area contributed by atoms with Crippen molar-refractivity contribution in [2.24, 2.45) is 0 Å². The van der Waals surface area contributed by atoms with E-state index in [1.54, 1.807) is 6.07 Å². The fraction of sp³-hybridized carbons (Fsp3) is 0.294. The van der Waals surface area contributed by atoms with Crippen molar-refractivity contribution in [1.29, 1.82) is 0 Å². The Morgan fingerprint density at radius 3 is 2.29 bits per heavy atom. The van der Waals surface area contributed by atoms with Gasteiger partial charge in [0.2, 0.25) is 0 Å². The van der Waals surface area contributed by atoms with Crippen molar-refractivity contribution in [2.75, 3.05) is 19.8 Å². The zero-order valence-electron chi connectivity index (χ0n) is 12.0. The van der Waals surface area contributed by atoms with Crippen LogP contribution in [0.3, 0.4) is 0 Å². The first kappa shape index (κ1) is 15.5. The average Bonchev–Trinajstić information content (AvgIpc) is 2.49. The molecule has 0 saturated heterocycles. The molecule has 0 atom stereocenters. The maximum atomic E-state index is 5.89. The number of para-hydroxylation sites is 2. The molecule has 0 aliphatic carbocycles. The van der Waals surface area contributed by atoms with Gasteiger partial charge < -0.3 is 14.2 Å². The molecule has 3 nitrogen and oxygen atoms in total. The van der Waals surface area contributed by atoms with Crippen LogP contribution < -0.4 is 14.2 Å². The molecule has 0 amide bonds. The summed E-state index contributed by atoms with van der Waals surface area (Å²) in [4.78, 5) is 0. The zero-order valence-corrected chi connectivity index (χ0v) is 12.8. The smallest absolute Gasteiger partial charge is 0.161 e. The fourth-order valence-corrected chi connectivity index (χ4v) is 2.01. The van der Waals surface area contributed by atoms with E-state index in [0.717, 1.165) is 23.7 Å². The normalized spacial score (nSPS) is 10.2. The lowest BCUT2D eigenvalue weighted by molar-refractivity contribution is 0.236. The summed E-state index contributed by atoms with van der Waals surface area (Å²) in [6.45, 7) is 3.73. The third kappa shape index (κ3) is 5.20. The largest absolute Gasteiger partial charge is 0.493 e. The van der Waals surface area contributed by atoms with Crippen LogP contribution in [0.4, 0.5) is 0 Å². The number of hydrogen-bond acceptors (Lipinski definition) is 3. The average molecular weight is 307 g/mol. The molecule has 0 unspecified atom stereocenters. The van der Waals surface area contributed by atoms with Gasteiger partial charge in [-0.05, 0) is 37.3 Å². The summed E-state index contributed by atoms with van der Waals surface area (Å²) >= 11 is 5.89. The molecule has 0 spiro atoms. The number of rotatable bonds is 8. The molecule has 2 rings (SSSR count). The van der Waals surface area contributed by atoms with E-state index in [1.165, 1.54) is 0 Å². The zero-order chi connectivity index (χ0) is 14.9. The topological polar surface area (TPSA) is 27.7 Å². The van der Waals surface area contributed by atoms with E-state index >= 15 is 0 Å². The summed E-state index contributed by atoms with van der Waals surface area (Å²) in [5.41, 5.74) is 0. The molecular weight excluding hydrogens is 288 g/mol. The van der Waals surface area contributed by atoms with Crippen LogP contribution in [0.2, 0.25) is 5.02 Å². The molecule has 0 bridgehead atoms. The van der Waals surface area contributed by atoms with Crippen molar-refractivity contribution in [3.63, 3.8) is 0 Å². The molecule has 2 aromatic carbocycles. The molecule has 0 aromatic heterocycles. The summed E-state index contributed by atoms with van der Waals surface area (Å²) in [6.07, 6.45) is 0.785. The molecule has 112 valence electrons. The van der Waals surface area contributed by atoms with E-state index in [0.29, 0.717) is 24.8 Å². The van der Waals surface area contributed by atoms with Crippen molar-refractivity contribution < 1.29 is 14.2 Å². The van der Waals surface area contributed by atoms with Crippen molar-refractivity contribution in [2.45, 2.75) is 13.3 Å². The number of ether oxygens (including phenoxy) is 3. The van der Waals surface area contributed by atoms with Crippen LogP contribution in [0, 0.1) is 0 Å². The molecular formula is C17H19ClO3. The molecule has 0 radical (unpaired) electrons. The second-order valence-corrected chi connectivity index (χ2v) is 4.82. The van der Waals surface area contributed by atoms with E-state index < -0.39 is 0 Å². The minimum atomic E-state index is 0.574. The highest BCUT2D eigenvalue weighted by Crippen LogP contribution is 2.26. The van der Waals surface area contributed by atoms with Crippen molar-refractivity contribution in [3.05, 3.63) is 53.6 Å². The van der Waals surface area contributed by atoms with Gasteiger partial charge >= 0.3 is 0 Å². The third-order valence-corrected chi connectivity index (χ3v) is 3.00. The first-order valence-corrected chi connectivity index (χ1v) is 7.40. The van der Waals surface area contributed by atoms with Crippen molar-refractivity contribution >= 4 is 11.6 Å². The van der Waals surface area contributed by atoms with Crippen LogP contribution in [0.25, 0.3) is 0 Å². The third-order valence-electron chi connectivity index (χ3n) is 2.76. The Hall–Kier alpha value is -1.87. The summed E-state index contributed by atoms with van der Waals surface area (Å²) in [5, 5.41) is 0.675. The molecule has 0 N–H and O–H groups in total. The summed E-state index contributed by atoms with van der Waals surface area (Å²) in [7, 11) is 0. The van der Waals surface area contributed by atoms with Gasteiger partial charge in [-0.1, -0.05) is 29.8 Å². The maximum Gasteiger partial charge on any atom is 0.161 e. The minimum absolute atomic E-state index is 0.574. The van der Waals surface area contributed by atoms with Crippen LogP contribution in [-0.4, -0.2) is 19.8 Å². The molecule has 0 heterocycles. The van der Waals surface area contributed by atoms with E-state index in [-0.39, 0.29) is 0 Å². The molecule has 0 fully saturated rings. The van der Waals surface area contributed by atoms with E-state index in [2.05, 4.69) is 0 Å². The lowest BCUT2D eigenvalue weighted by Crippen LogP contribution is -2.06. The molecule has 21 heavy (non-hydrogen) atoms. The fourth-order valence-electron chi connectivity index (χ4n) is 1.83. The Balaban J connectivity index is 1.72. The lowest BCUT2D eigenvalue weighted by atomic mass is 10.3. The summed E-state index contributed by atoms with van der Waals surface area (Å²) in [5.74, 6) is 2.31. The molecule has 2 aromatic rings. The number of halogens is 1. The Morgan fingerprint density at radius 2 is 1.57 bits per heavy atom. The lowest BCUT2D eigenvalue weighted by Gasteiger charge is -2.12. The quantitative estimate of drug-likeness (QED) is 0.668. The number of benzene rings is 2. The highest BCUT2D eigenvalue weighted by molar-refractivity contribution is 6.30. The van der Waals surface area contributed by atoms with Gasteiger partial charge in [0, 0.05) is 11.4 Å². The second kappa shape index (κ2) is 8.42. The predicted molar refractivity (Wildman–Crippen MR) is 84.7 cm³/mol. The van der Waals surface area contributed by atoms with E-state index in [9.17, 15) is 0 Å². The first-order valence-electron chi connectivity index (χ1n) is 7.02. The molecule has 0 saturated carbocycles. The Morgan fingerprint density at radius 1 is 0.857 bits per heavy atom. The van der Waals surface area contributed by atoms with Crippen LogP contribution in [-0.2, 0) is 0 Å². The second-order valence-electron chi connectivity index (χ2n) is 4.39. The van der Waals surface area contributed by atoms with Gasteiger partial charge in [-0.2, -0.15) is 0 Å². The van der Waals surface area contributed by atoms with Gasteiger partial charge in [0.15, 0.2) is 11.5 Å². The predicted octanol–water partition coefficient (Wildman–Crippen LogP) is 4.59.